The highest BCUT2D eigenvalue weighted by Crippen LogP contribution is 1.73. The van der Waals surface area contributed by atoms with Crippen molar-refractivity contribution < 1.29 is 17.0 Å². The van der Waals surface area contributed by atoms with Crippen LogP contribution < -0.4 is 28.4 Å². The minimum Gasteiger partial charge on any atom is -1.00 e. The lowest BCUT2D eigenvalue weighted by Crippen LogP contribution is -3.00. The Bertz CT molecular complexity index is 138. The fraction of sp³-hybridized carbons (Fsp3) is 0.889. The third-order valence-corrected chi connectivity index (χ3v) is 2.17. The van der Waals surface area contributed by atoms with Gasteiger partial charge in [-0.05, 0) is 0 Å². The van der Waals surface area contributed by atoms with Crippen molar-refractivity contribution in [3.63, 3.8) is 0 Å². The molecule has 1 fully saturated rings. The normalized spacial score (nSPS) is 21.6. The smallest absolute Gasteiger partial charge is 0.154 e. The second-order valence-corrected chi connectivity index (χ2v) is 3.37. The molecule has 14 heavy (non-hydrogen) atoms. The van der Waals surface area contributed by atoms with Crippen LogP contribution in [0.25, 0.3) is 0 Å². The lowest BCUT2D eigenvalue weighted by atomic mass is 10.4. The molecule has 0 saturated carbocycles. The topological polar surface area (TPSA) is 39.1 Å². The van der Waals surface area contributed by atoms with Gasteiger partial charge in [-0.25, -0.2) is 4.58 Å². The number of nitrogens with one attached hydrogen (secondary N) is 3. The zero-order chi connectivity index (χ0) is 9.36. The highest BCUT2D eigenvalue weighted by Gasteiger charge is 2.00. The first-order chi connectivity index (χ1) is 6.39. The first kappa shape index (κ1) is 13.8. The maximum absolute atomic E-state index is 3.96. The van der Waals surface area contributed by atoms with E-state index in [9.17, 15) is 0 Å². The number of rotatable bonds is 0. The Morgan fingerprint density at radius 1 is 0.714 bits per heavy atom. The van der Waals surface area contributed by atoms with Gasteiger partial charge in [0.25, 0.3) is 0 Å². The number of nitrogens with zero attached hydrogens (tertiary/aromatic N) is 1. The molecule has 1 saturated heterocycles. The van der Waals surface area contributed by atoms with Gasteiger partial charge in [0.1, 0.15) is 6.72 Å². The Kier molecular flexibility index (Phi) is 9.29. The van der Waals surface area contributed by atoms with E-state index in [0.717, 1.165) is 52.4 Å². The summed E-state index contributed by atoms with van der Waals surface area (Å²) in [6.07, 6.45) is 0. The average Bonchev–Trinajstić information content (AvgIpc) is 2.11. The minimum absolute atomic E-state index is 0. The predicted octanol–water partition coefficient (Wildman–Crippen LogP) is -4.51. The van der Waals surface area contributed by atoms with Crippen LogP contribution in [-0.2, 0) is 0 Å². The van der Waals surface area contributed by atoms with Gasteiger partial charge < -0.3 is 28.4 Å². The quantitative estimate of drug-likeness (QED) is 0.361. The van der Waals surface area contributed by atoms with Crippen molar-refractivity contribution in [1.29, 1.82) is 0 Å². The monoisotopic (exact) mass is 220 g/mol. The van der Waals surface area contributed by atoms with Crippen LogP contribution in [0.4, 0.5) is 0 Å². The number of hydrogen-bond acceptors (Lipinski definition) is 3. The molecule has 3 N–H and O–H groups in total. The van der Waals surface area contributed by atoms with Crippen LogP contribution in [0.15, 0.2) is 0 Å². The van der Waals surface area contributed by atoms with Gasteiger partial charge >= 0.3 is 0 Å². The van der Waals surface area contributed by atoms with Crippen molar-refractivity contribution in [3.8, 4) is 0 Å². The summed E-state index contributed by atoms with van der Waals surface area (Å²) in [7, 11) is 0. The van der Waals surface area contributed by atoms with Crippen molar-refractivity contribution in [2.75, 3.05) is 52.4 Å². The molecule has 1 aliphatic rings. The van der Waals surface area contributed by atoms with Crippen LogP contribution in [0.5, 0.6) is 0 Å². The molecule has 0 radical (unpaired) electrons. The first-order valence-corrected chi connectivity index (χ1v) is 5.07. The molecular weight excluding hydrogens is 200 g/mol. The minimum atomic E-state index is 0. The van der Waals surface area contributed by atoms with Crippen molar-refractivity contribution in [2.24, 2.45) is 0 Å². The SMILES string of the molecule is C=[N+]1CCNCCNCCNCC1.[Cl-]. The fourth-order valence-corrected chi connectivity index (χ4v) is 1.31. The second-order valence-electron chi connectivity index (χ2n) is 3.37. The third-order valence-electron chi connectivity index (χ3n) is 2.17. The molecule has 0 bridgehead atoms. The van der Waals surface area contributed by atoms with Gasteiger partial charge in [-0.3, -0.25) is 0 Å². The summed E-state index contributed by atoms with van der Waals surface area (Å²) in [5, 5.41) is 10.1. The van der Waals surface area contributed by atoms with Crippen LogP contribution in [0, 0.1) is 0 Å². The fourth-order valence-electron chi connectivity index (χ4n) is 1.31. The molecule has 0 unspecified atom stereocenters. The Labute approximate surface area is 92.6 Å². The number of halogens is 1. The summed E-state index contributed by atoms with van der Waals surface area (Å²) in [4.78, 5) is 0. The summed E-state index contributed by atoms with van der Waals surface area (Å²) >= 11 is 0. The summed E-state index contributed by atoms with van der Waals surface area (Å²) < 4.78 is 2.11. The molecule has 0 aromatic carbocycles. The van der Waals surface area contributed by atoms with Crippen molar-refractivity contribution in [3.05, 3.63) is 0 Å². The van der Waals surface area contributed by atoms with Gasteiger partial charge in [-0.2, -0.15) is 0 Å². The molecule has 1 aliphatic heterocycles. The molecule has 0 amide bonds. The zero-order valence-corrected chi connectivity index (χ0v) is 9.45. The third kappa shape index (κ3) is 7.26. The summed E-state index contributed by atoms with van der Waals surface area (Å²) in [5.74, 6) is 0. The zero-order valence-electron chi connectivity index (χ0n) is 8.69. The Hall–Kier alpha value is -0.160. The highest BCUT2D eigenvalue weighted by molar-refractivity contribution is 5.14. The molecule has 0 aliphatic carbocycles. The van der Waals surface area contributed by atoms with E-state index in [1.807, 2.05) is 0 Å². The van der Waals surface area contributed by atoms with E-state index in [2.05, 4.69) is 27.2 Å². The van der Waals surface area contributed by atoms with E-state index in [1.165, 1.54) is 0 Å². The van der Waals surface area contributed by atoms with Crippen LogP contribution in [0.2, 0.25) is 0 Å². The maximum Gasteiger partial charge on any atom is 0.154 e. The van der Waals surface area contributed by atoms with Gasteiger partial charge in [-0.15, -0.1) is 0 Å². The summed E-state index contributed by atoms with van der Waals surface area (Å²) in [6.45, 7) is 12.3. The largest absolute Gasteiger partial charge is 1.00 e. The molecule has 0 spiro atoms. The van der Waals surface area contributed by atoms with Gasteiger partial charge in [0.2, 0.25) is 0 Å². The standard InChI is InChI=1S/C9H21N4.ClH/c1-13-8-6-11-4-2-10-3-5-12-7-9-13;/h10-12H,1-9H2;1H/q+1;/p-1. The van der Waals surface area contributed by atoms with Crippen LogP contribution in [-0.4, -0.2) is 63.7 Å². The van der Waals surface area contributed by atoms with E-state index in [-0.39, 0.29) is 12.4 Å². The molecule has 1 rings (SSSR count). The molecule has 84 valence electrons. The van der Waals surface area contributed by atoms with Crippen molar-refractivity contribution in [2.45, 2.75) is 0 Å². The highest BCUT2D eigenvalue weighted by atomic mass is 35.5. The Balaban J connectivity index is 0.00000169. The van der Waals surface area contributed by atoms with Crippen molar-refractivity contribution in [1.82, 2.24) is 16.0 Å². The first-order valence-electron chi connectivity index (χ1n) is 5.07. The molecule has 0 atom stereocenters. The molecule has 5 heteroatoms. The van der Waals surface area contributed by atoms with Crippen molar-refractivity contribution >= 4 is 6.72 Å². The van der Waals surface area contributed by atoms with Crippen LogP contribution in [0.1, 0.15) is 0 Å². The molecule has 1 heterocycles. The Morgan fingerprint density at radius 2 is 1.07 bits per heavy atom. The van der Waals surface area contributed by atoms with Gasteiger partial charge in [-0.1, -0.05) is 0 Å². The second kappa shape index (κ2) is 9.40. The predicted molar refractivity (Wildman–Crippen MR) is 55.7 cm³/mol. The van der Waals surface area contributed by atoms with E-state index in [1.54, 1.807) is 0 Å². The molecular formula is C9H21ClN4. The lowest BCUT2D eigenvalue weighted by molar-refractivity contribution is -0.515. The van der Waals surface area contributed by atoms with E-state index < -0.39 is 0 Å². The van der Waals surface area contributed by atoms with Crippen LogP contribution >= 0.6 is 0 Å². The molecule has 0 aromatic heterocycles. The Morgan fingerprint density at radius 3 is 1.50 bits per heavy atom. The van der Waals surface area contributed by atoms with E-state index >= 15 is 0 Å². The molecule has 0 aromatic rings. The summed E-state index contributed by atoms with van der Waals surface area (Å²) in [6, 6.07) is 0. The van der Waals surface area contributed by atoms with E-state index in [0.29, 0.717) is 0 Å². The van der Waals surface area contributed by atoms with Crippen LogP contribution in [0.3, 0.4) is 0 Å². The van der Waals surface area contributed by atoms with Gasteiger partial charge in [0.15, 0.2) is 13.1 Å². The summed E-state index contributed by atoms with van der Waals surface area (Å²) in [5.41, 5.74) is 0. The average molecular weight is 221 g/mol. The lowest BCUT2D eigenvalue weighted by Gasteiger charge is -2.09. The van der Waals surface area contributed by atoms with E-state index in [4.69, 9.17) is 0 Å². The van der Waals surface area contributed by atoms with Gasteiger partial charge in [0, 0.05) is 26.2 Å². The van der Waals surface area contributed by atoms with Gasteiger partial charge in [0.05, 0.1) is 13.1 Å². The maximum atomic E-state index is 3.96. The number of hydrogen-bond donors (Lipinski definition) is 3. The molecule has 4 nitrogen and oxygen atoms in total.